The average molecular weight is 285 g/mol. The van der Waals surface area contributed by atoms with Crippen LogP contribution in [0.5, 0.6) is 0 Å². The number of carbonyl (C=O) groups is 2. The Labute approximate surface area is 120 Å². The van der Waals surface area contributed by atoms with Crippen molar-refractivity contribution >= 4 is 17.6 Å². The van der Waals surface area contributed by atoms with Gasteiger partial charge in [0.1, 0.15) is 5.82 Å². The van der Waals surface area contributed by atoms with Crippen LogP contribution < -0.4 is 4.90 Å². The molecule has 0 bridgehead atoms. The number of rotatable bonds is 2. The van der Waals surface area contributed by atoms with Gasteiger partial charge in [-0.2, -0.15) is 0 Å². The maximum atomic E-state index is 13.2. The summed E-state index contributed by atoms with van der Waals surface area (Å²) >= 11 is 0. The van der Waals surface area contributed by atoms with E-state index >= 15 is 0 Å². The third-order valence-corrected chi connectivity index (χ3v) is 3.54. The zero-order valence-electron chi connectivity index (χ0n) is 11.0. The molecule has 2 aromatic rings. The van der Waals surface area contributed by atoms with Crippen LogP contribution in [0.1, 0.15) is 26.3 Å². The molecular formula is C16H12FNO3. The predicted octanol–water partition coefficient (Wildman–Crippen LogP) is 2.73. The lowest BCUT2D eigenvalue weighted by molar-refractivity contribution is 0.0696. The van der Waals surface area contributed by atoms with Crippen molar-refractivity contribution in [3.63, 3.8) is 0 Å². The molecule has 0 atom stereocenters. The molecule has 4 nitrogen and oxygen atoms in total. The molecule has 0 saturated carbocycles. The van der Waals surface area contributed by atoms with Crippen LogP contribution in [-0.2, 0) is 6.42 Å². The largest absolute Gasteiger partial charge is 0.478 e. The van der Waals surface area contributed by atoms with Crippen molar-refractivity contribution in [3.8, 4) is 0 Å². The number of aromatic carboxylic acids is 1. The van der Waals surface area contributed by atoms with Gasteiger partial charge in [0, 0.05) is 17.8 Å². The van der Waals surface area contributed by atoms with Crippen LogP contribution in [0.4, 0.5) is 10.1 Å². The first kappa shape index (κ1) is 13.3. The Bertz CT molecular complexity index is 742. The lowest BCUT2D eigenvalue weighted by Gasteiger charge is -2.17. The van der Waals surface area contributed by atoms with Gasteiger partial charge >= 0.3 is 5.97 Å². The van der Waals surface area contributed by atoms with E-state index < -0.39 is 11.8 Å². The van der Waals surface area contributed by atoms with Gasteiger partial charge < -0.3 is 10.0 Å². The summed E-state index contributed by atoms with van der Waals surface area (Å²) in [7, 11) is 0. The van der Waals surface area contributed by atoms with E-state index in [1.807, 2.05) is 0 Å². The van der Waals surface area contributed by atoms with Crippen molar-refractivity contribution in [3.05, 3.63) is 65.0 Å². The molecule has 21 heavy (non-hydrogen) atoms. The Kier molecular flexibility index (Phi) is 3.17. The summed E-state index contributed by atoms with van der Waals surface area (Å²) in [6.07, 6.45) is 0.595. The number of anilines is 1. The highest BCUT2D eigenvalue weighted by Crippen LogP contribution is 2.30. The van der Waals surface area contributed by atoms with Crippen molar-refractivity contribution in [1.82, 2.24) is 0 Å². The number of carboxylic acids is 1. The van der Waals surface area contributed by atoms with E-state index in [2.05, 4.69) is 0 Å². The number of benzene rings is 2. The minimum absolute atomic E-state index is 0.203. The second kappa shape index (κ2) is 5.01. The molecular weight excluding hydrogens is 273 g/mol. The molecule has 2 aromatic carbocycles. The van der Waals surface area contributed by atoms with Gasteiger partial charge in [0.15, 0.2) is 0 Å². The summed E-state index contributed by atoms with van der Waals surface area (Å²) in [6, 6.07) is 10.2. The first-order valence-electron chi connectivity index (χ1n) is 6.50. The van der Waals surface area contributed by atoms with Crippen molar-refractivity contribution in [2.24, 2.45) is 0 Å². The summed E-state index contributed by atoms with van der Waals surface area (Å²) in [6.45, 7) is 0.466. The maximum Gasteiger partial charge on any atom is 0.335 e. The zero-order valence-corrected chi connectivity index (χ0v) is 11.0. The second-order valence-corrected chi connectivity index (χ2v) is 4.87. The highest BCUT2D eigenvalue weighted by atomic mass is 19.1. The monoisotopic (exact) mass is 285 g/mol. The number of nitrogens with zero attached hydrogens (tertiary/aromatic N) is 1. The minimum Gasteiger partial charge on any atom is -0.478 e. The lowest BCUT2D eigenvalue weighted by Crippen LogP contribution is -2.28. The van der Waals surface area contributed by atoms with Gasteiger partial charge in [0.05, 0.1) is 5.56 Å². The van der Waals surface area contributed by atoms with Crippen LogP contribution in [-0.4, -0.2) is 23.5 Å². The zero-order chi connectivity index (χ0) is 15.0. The molecule has 0 spiro atoms. The van der Waals surface area contributed by atoms with Gasteiger partial charge in [-0.1, -0.05) is 6.07 Å². The molecule has 1 amide bonds. The van der Waals surface area contributed by atoms with Crippen molar-refractivity contribution in [2.45, 2.75) is 6.42 Å². The summed E-state index contributed by atoms with van der Waals surface area (Å²) in [5, 5.41) is 8.98. The Morgan fingerprint density at radius 3 is 2.62 bits per heavy atom. The minimum atomic E-state index is -0.993. The molecule has 1 N–H and O–H groups in total. The normalized spacial score (nSPS) is 13.1. The highest BCUT2D eigenvalue weighted by Gasteiger charge is 2.26. The Balaban J connectivity index is 1.94. The maximum absolute atomic E-state index is 13.2. The van der Waals surface area contributed by atoms with Gasteiger partial charge in [-0.15, -0.1) is 0 Å². The summed E-state index contributed by atoms with van der Waals surface area (Å²) in [4.78, 5) is 24.9. The lowest BCUT2D eigenvalue weighted by atomic mass is 10.1. The van der Waals surface area contributed by atoms with E-state index in [9.17, 15) is 14.0 Å². The molecule has 3 rings (SSSR count). The second-order valence-electron chi connectivity index (χ2n) is 4.87. The SMILES string of the molecule is O=C(O)c1ccc2c(c1)CCN2C(=O)c1cccc(F)c1. The van der Waals surface area contributed by atoms with Crippen LogP contribution in [0.3, 0.4) is 0 Å². The van der Waals surface area contributed by atoms with Crippen molar-refractivity contribution in [2.75, 3.05) is 11.4 Å². The van der Waals surface area contributed by atoms with Crippen molar-refractivity contribution in [1.29, 1.82) is 0 Å². The Morgan fingerprint density at radius 1 is 1.10 bits per heavy atom. The van der Waals surface area contributed by atoms with Crippen molar-refractivity contribution < 1.29 is 19.1 Å². The molecule has 0 unspecified atom stereocenters. The summed E-state index contributed by atoms with van der Waals surface area (Å²) < 4.78 is 13.2. The van der Waals surface area contributed by atoms with Crippen LogP contribution >= 0.6 is 0 Å². The van der Waals surface area contributed by atoms with Gasteiger partial charge in [0.2, 0.25) is 0 Å². The standard InChI is InChI=1S/C16H12FNO3/c17-13-3-1-2-11(9-13)15(19)18-7-6-10-8-12(16(20)21)4-5-14(10)18/h1-5,8-9H,6-7H2,(H,20,21). The fraction of sp³-hybridized carbons (Fsp3) is 0.125. The Hall–Kier alpha value is -2.69. The summed E-state index contributed by atoms with van der Waals surface area (Å²) in [5.41, 5.74) is 1.99. The number of amides is 1. The molecule has 0 saturated heterocycles. The first-order chi connectivity index (χ1) is 10.1. The number of hydrogen-bond acceptors (Lipinski definition) is 2. The molecule has 0 aromatic heterocycles. The average Bonchev–Trinajstić information content (AvgIpc) is 2.89. The third-order valence-electron chi connectivity index (χ3n) is 3.54. The number of carboxylic acid groups (broad SMARTS) is 1. The number of halogens is 1. The molecule has 1 heterocycles. The highest BCUT2D eigenvalue weighted by molar-refractivity contribution is 6.07. The smallest absolute Gasteiger partial charge is 0.335 e. The topological polar surface area (TPSA) is 57.6 Å². The van der Waals surface area contributed by atoms with Gasteiger partial charge in [-0.25, -0.2) is 9.18 Å². The Morgan fingerprint density at radius 2 is 1.90 bits per heavy atom. The number of carbonyl (C=O) groups excluding carboxylic acids is 1. The van der Waals surface area contributed by atoms with Gasteiger partial charge in [-0.3, -0.25) is 4.79 Å². The third kappa shape index (κ3) is 2.38. The quantitative estimate of drug-likeness (QED) is 0.923. The van der Waals surface area contributed by atoms with E-state index in [1.165, 1.54) is 24.3 Å². The van der Waals surface area contributed by atoms with E-state index in [-0.39, 0.29) is 17.0 Å². The fourth-order valence-electron chi connectivity index (χ4n) is 2.52. The molecule has 106 valence electrons. The number of fused-ring (bicyclic) bond motifs is 1. The molecule has 0 fully saturated rings. The van der Waals surface area contributed by atoms with E-state index in [0.717, 1.165) is 5.56 Å². The molecule has 0 aliphatic carbocycles. The van der Waals surface area contributed by atoms with E-state index in [4.69, 9.17) is 5.11 Å². The predicted molar refractivity (Wildman–Crippen MR) is 75.2 cm³/mol. The van der Waals surface area contributed by atoms with Gasteiger partial charge in [0.25, 0.3) is 5.91 Å². The van der Waals surface area contributed by atoms with Crippen LogP contribution in [0.15, 0.2) is 42.5 Å². The van der Waals surface area contributed by atoms with E-state index in [0.29, 0.717) is 18.7 Å². The van der Waals surface area contributed by atoms with Crippen LogP contribution in [0, 0.1) is 5.82 Å². The van der Waals surface area contributed by atoms with Gasteiger partial charge in [-0.05, 0) is 48.4 Å². The number of hydrogen-bond donors (Lipinski definition) is 1. The molecule has 0 radical (unpaired) electrons. The van der Waals surface area contributed by atoms with Crippen LogP contribution in [0.2, 0.25) is 0 Å². The molecule has 1 aliphatic rings. The van der Waals surface area contributed by atoms with E-state index in [1.54, 1.807) is 23.1 Å². The fourth-order valence-corrected chi connectivity index (χ4v) is 2.52. The van der Waals surface area contributed by atoms with Crippen LogP contribution in [0.25, 0.3) is 0 Å². The molecule has 5 heteroatoms. The molecule has 1 aliphatic heterocycles. The summed E-state index contributed by atoms with van der Waals surface area (Å²) in [5.74, 6) is -1.73. The first-order valence-corrected chi connectivity index (χ1v) is 6.50.